The molecule has 1 aromatic rings. The summed E-state index contributed by atoms with van der Waals surface area (Å²) in [7, 11) is 0. The van der Waals surface area contributed by atoms with Crippen LogP contribution in [0.4, 0.5) is 4.79 Å². The lowest BCUT2D eigenvalue weighted by molar-refractivity contribution is -0.122. The van der Waals surface area contributed by atoms with Gasteiger partial charge in [-0.25, -0.2) is 4.79 Å². The zero-order valence-corrected chi connectivity index (χ0v) is 12.3. The van der Waals surface area contributed by atoms with Gasteiger partial charge in [-0.05, 0) is 25.8 Å². The molecule has 0 saturated heterocycles. The molecule has 1 aromatic carbocycles. The van der Waals surface area contributed by atoms with E-state index in [-0.39, 0.29) is 18.0 Å². The summed E-state index contributed by atoms with van der Waals surface area (Å²) in [4.78, 5) is 23.5. The molecule has 3 amide bonds. The molecule has 0 aliphatic rings. The van der Waals surface area contributed by atoms with Crippen LogP contribution in [0, 0.1) is 0 Å². The summed E-state index contributed by atoms with van der Waals surface area (Å²) in [6.45, 7) is 6.02. The fourth-order valence-electron chi connectivity index (χ4n) is 1.57. The van der Waals surface area contributed by atoms with E-state index < -0.39 is 6.04 Å². The van der Waals surface area contributed by atoms with Crippen LogP contribution in [0.25, 0.3) is 0 Å². The third-order valence-corrected chi connectivity index (χ3v) is 3.04. The van der Waals surface area contributed by atoms with Gasteiger partial charge in [0, 0.05) is 12.6 Å². The van der Waals surface area contributed by atoms with Gasteiger partial charge in [0.25, 0.3) is 0 Å². The Bertz CT molecular complexity index is 434. The number of amides is 3. The van der Waals surface area contributed by atoms with Gasteiger partial charge in [0.1, 0.15) is 6.04 Å². The highest BCUT2D eigenvalue weighted by molar-refractivity contribution is 5.86. The van der Waals surface area contributed by atoms with Gasteiger partial charge in [0.05, 0.1) is 0 Å². The second-order valence-electron chi connectivity index (χ2n) is 4.85. The quantitative estimate of drug-likeness (QED) is 0.742. The van der Waals surface area contributed by atoms with Gasteiger partial charge in [0.2, 0.25) is 5.91 Å². The van der Waals surface area contributed by atoms with Crippen LogP contribution >= 0.6 is 0 Å². The van der Waals surface area contributed by atoms with Gasteiger partial charge in [-0.3, -0.25) is 4.79 Å². The Balaban J connectivity index is 2.34. The van der Waals surface area contributed by atoms with E-state index in [1.165, 1.54) is 0 Å². The minimum atomic E-state index is -0.567. The summed E-state index contributed by atoms with van der Waals surface area (Å²) in [5, 5.41) is 8.17. The van der Waals surface area contributed by atoms with E-state index in [4.69, 9.17) is 0 Å². The first-order valence-electron chi connectivity index (χ1n) is 6.91. The SMILES string of the molecule is CC[C@H](C)NC(=O)N[C@H](C)C(=O)NCc1ccccc1. The highest BCUT2D eigenvalue weighted by atomic mass is 16.2. The summed E-state index contributed by atoms with van der Waals surface area (Å²) in [6, 6.07) is 8.85. The number of hydrogen-bond acceptors (Lipinski definition) is 2. The lowest BCUT2D eigenvalue weighted by Crippen LogP contribution is -2.50. The lowest BCUT2D eigenvalue weighted by atomic mass is 10.2. The highest BCUT2D eigenvalue weighted by Gasteiger charge is 2.15. The van der Waals surface area contributed by atoms with Crippen molar-refractivity contribution in [3.05, 3.63) is 35.9 Å². The average molecular weight is 277 g/mol. The van der Waals surface area contributed by atoms with Gasteiger partial charge >= 0.3 is 6.03 Å². The molecule has 0 saturated carbocycles. The van der Waals surface area contributed by atoms with Crippen molar-refractivity contribution in [1.82, 2.24) is 16.0 Å². The second-order valence-corrected chi connectivity index (χ2v) is 4.85. The smallest absolute Gasteiger partial charge is 0.315 e. The van der Waals surface area contributed by atoms with Crippen molar-refractivity contribution in [3.8, 4) is 0 Å². The topological polar surface area (TPSA) is 70.2 Å². The molecule has 20 heavy (non-hydrogen) atoms. The Morgan fingerprint density at radius 3 is 2.35 bits per heavy atom. The standard InChI is InChI=1S/C15H23N3O2/c1-4-11(2)17-15(20)18-12(3)14(19)16-10-13-8-6-5-7-9-13/h5-9,11-12H,4,10H2,1-3H3,(H,16,19)(H2,17,18,20)/t11-,12+/m0/s1. The Labute approximate surface area is 120 Å². The second kappa shape index (κ2) is 8.19. The molecule has 0 aliphatic carbocycles. The van der Waals surface area contributed by atoms with Gasteiger partial charge in [-0.15, -0.1) is 0 Å². The molecule has 3 N–H and O–H groups in total. The number of rotatable bonds is 6. The van der Waals surface area contributed by atoms with Crippen molar-refractivity contribution >= 4 is 11.9 Å². The monoisotopic (exact) mass is 277 g/mol. The molecule has 0 unspecified atom stereocenters. The predicted octanol–water partition coefficient (Wildman–Crippen LogP) is 1.79. The molecular formula is C15H23N3O2. The Morgan fingerprint density at radius 1 is 1.10 bits per heavy atom. The minimum absolute atomic E-state index is 0.0922. The molecule has 0 bridgehead atoms. The fraction of sp³-hybridized carbons (Fsp3) is 0.467. The molecular weight excluding hydrogens is 254 g/mol. The van der Waals surface area contributed by atoms with E-state index in [2.05, 4.69) is 16.0 Å². The maximum atomic E-state index is 11.9. The van der Waals surface area contributed by atoms with Crippen LogP contribution in [0.3, 0.4) is 0 Å². The lowest BCUT2D eigenvalue weighted by Gasteiger charge is -2.17. The van der Waals surface area contributed by atoms with Crippen LogP contribution in [0.1, 0.15) is 32.8 Å². The Hall–Kier alpha value is -2.04. The van der Waals surface area contributed by atoms with Crippen molar-refractivity contribution in [3.63, 3.8) is 0 Å². The van der Waals surface area contributed by atoms with E-state index in [0.717, 1.165) is 12.0 Å². The first kappa shape index (κ1) is 16.0. The Kier molecular flexibility index (Phi) is 6.56. The molecule has 0 spiro atoms. The highest BCUT2D eigenvalue weighted by Crippen LogP contribution is 1.97. The number of nitrogens with one attached hydrogen (secondary N) is 3. The average Bonchev–Trinajstić information content (AvgIpc) is 2.45. The number of carbonyl (C=O) groups excluding carboxylic acids is 2. The third kappa shape index (κ3) is 5.73. The molecule has 2 atom stereocenters. The number of hydrogen-bond donors (Lipinski definition) is 3. The summed E-state index contributed by atoms with van der Waals surface area (Å²) in [5.74, 6) is -0.201. The van der Waals surface area contributed by atoms with Crippen molar-refractivity contribution in [2.75, 3.05) is 0 Å². The van der Waals surface area contributed by atoms with E-state index in [1.54, 1.807) is 6.92 Å². The van der Waals surface area contributed by atoms with Crippen molar-refractivity contribution in [1.29, 1.82) is 0 Å². The van der Waals surface area contributed by atoms with Crippen LogP contribution in [-0.2, 0) is 11.3 Å². The maximum Gasteiger partial charge on any atom is 0.315 e. The minimum Gasteiger partial charge on any atom is -0.350 e. The molecule has 110 valence electrons. The molecule has 5 heteroatoms. The summed E-state index contributed by atoms with van der Waals surface area (Å²) in [6.07, 6.45) is 0.849. The fourth-order valence-corrected chi connectivity index (χ4v) is 1.57. The van der Waals surface area contributed by atoms with Gasteiger partial charge in [-0.1, -0.05) is 37.3 Å². The Morgan fingerprint density at radius 2 is 1.75 bits per heavy atom. The van der Waals surface area contributed by atoms with Crippen LogP contribution in [0.2, 0.25) is 0 Å². The zero-order chi connectivity index (χ0) is 15.0. The van der Waals surface area contributed by atoms with Crippen LogP contribution < -0.4 is 16.0 Å². The van der Waals surface area contributed by atoms with Gasteiger partial charge < -0.3 is 16.0 Å². The molecule has 0 radical (unpaired) electrons. The van der Waals surface area contributed by atoms with Gasteiger partial charge in [-0.2, -0.15) is 0 Å². The van der Waals surface area contributed by atoms with E-state index in [9.17, 15) is 9.59 Å². The molecule has 1 rings (SSSR count). The van der Waals surface area contributed by atoms with E-state index >= 15 is 0 Å². The largest absolute Gasteiger partial charge is 0.350 e. The van der Waals surface area contributed by atoms with E-state index in [0.29, 0.717) is 6.54 Å². The third-order valence-electron chi connectivity index (χ3n) is 3.04. The molecule has 0 heterocycles. The van der Waals surface area contributed by atoms with Crippen molar-refractivity contribution < 1.29 is 9.59 Å². The molecule has 0 fully saturated rings. The van der Waals surface area contributed by atoms with Gasteiger partial charge in [0.15, 0.2) is 0 Å². The van der Waals surface area contributed by atoms with Crippen LogP contribution in [-0.4, -0.2) is 24.0 Å². The molecule has 5 nitrogen and oxygen atoms in total. The summed E-state index contributed by atoms with van der Waals surface area (Å²) in [5.41, 5.74) is 1.03. The summed E-state index contributed by atoms with van der Waals surface area (Å²) >= 11 is 0. The zero-order valence-electron chi connectivity index (χ0n) is 12.3. The number of carbonyl (C=O) groups is 2. The van der Waals surface area contributed by atoms with Crippen molar-refractivity contribution in [2.45, 2.75) is 45.8 Å². The van der Waals surface area contributed by atoms with Crippen molar-refractivity contribution in [2.24, 2.45) is 0 Å². The first-order valence-corrected chi connectivity index (χ1v) is 6.91. The van der Waals surface area contributed by atoms with E-state index in [1.807, 2.05) is 44.2 Å². The number of benzene rings is 1. The predicted molar refractivity (Wildman–Crippen MR) is 79.2 cm³/mol. The molecule has 0 aliphatic heterocycles. The normalized spacial score (nSPS) is 13.2. The van der Waals surface area contributed by atoms with Crippen LogP contribution in [0.5, 0.6) is 0 Å². The molecule has 0 aromatic heterocycles. The van der Waals surface area contributed by atoms with Crippen LogP contribution in [0.15, 0.2) is 30.3 Å². The summed E-state index contributed by atoms with van der Waals surface area (Å²) < 4.78 is 0. The number of urea groups is 1. The first-order chi connectivity index (χ1) is 9.52. The maximum absolute atomic E-state index is 11.9.